The van der Waals surface area contributed by atoms with Gasteiger partial charge in [0.15, 0.2) is 0 Å². The summed E-state index contributed by atoms with van der Waals surface area (Å²) in [4.78, 5) is 2.70. The Morgan fingerprint density at radius 2 is 2.06 bits per heavy atom. The van der Waals surface area contributed by atoms with Gasteiger partial charge in [0, 0.05) is 37.5 Å². The summed E-state index contributed by atoms with van der Waals surface area (Å²) in [6, 6.07) is 1.52. The standard InChI is InChI=1S/C14H28N2S/c1-12(11-17-2)16-9-8-15-14(10-16)13-6-4-3-5-7-13/h12-15H,3-11H2,1-2H3. The molecule has 100 valence electrons. The lowest BCUT2D eigenvalue weighted by atomic mass is 9.83. The molecule has 1 saturated carbocycles. The second-order valence-electron chi connectivity index (χ2n) is 5.76. The highest BCUT2D eigenvalue weighted by Crippen LogP contribution is 2.28. The van der Waals surface area contributed by atoms with Crippen LogP contribution in [-0.4, -0.2) is 48.6 Å². The molecule has 1 heterocycles. The number of hydrogen-bond donors (Lipinski definition) is 1. The van der Waals surface area contributed by atoms with Gasteiger partial charge in [-0.15, -0.1) is 0 Å². The Balaban J connectivity index is 1.83. The van der Waals surface area contributed by atoms with Crippen LogP contribution in [0.15, 0.2) is 0 Å². The summed E-state index contributed by atoms with van der Waals surface area (Å²) in [6.07, 6.45) is 9.53. The number of piperazine rings is 1. The van der Waals surface area contributed by atoms with Crippen LogP contribution in [0.5, 0.6) is 0 Å². The number of nitrogens with one attached hydrogen (secondary N) is 1. The van der Waals surface area contributed by atoms with Gasteiger partial charge >= 0.3 is 0 Å². The number of nitrogens with zero attached hydrogens (tertiary/aromatic N) is 1. The molecule has 2 fully saturated rings. The minimum Gasteiger partial charge on any atom is -0.311 e. The van der Waals surface area contributed by atoms with E-state index in [2.05, 4.69) is 23.4 Å². The Hall–Kier alpha value is 0.270. The monoisotopic (exact) mass is 256 g/mol. The van der Waals surface area contributed by atoms with Crippen LogP contribution < -0.4 is 5.32 Å². The Bertz CT molecular complexity index is 216. The largest absolute Gasteiger partial charge is 0.311 e. The average Bonchev–Trinajstić information content (AvgIpc) is 2.40. The first-order valence-electron chi connectivity index (χ1n) is 7.27. The third-order valence-corrected chi connectivity index (χ3v) is 5.30. The van der Waals surface area contributed by atoms with Crippen LogP contribution in [0.4, 0.5) is 0 Å². The fraction of sp³-hybridized carbons (Fsp3) is 1.00. The van der Waals surface area contributed by atoms with E-state index in [9.17, 15) is 0 Å². The lowest BCUT2D eigenvalue weighted by Crippen LogP contribution is -2.56. The summed E-state index contributed by atoms with van der Waals surface area (Å²) in [7, 11) is 0. The van der Waals surface area contributed by atoms with Crippen LogP contribution >= 0.6 is 11.8 Å². The van der Waals surface area contributed by atoms with E-state index in [1.54, 1.807) is 0 Å². The molecule has 1 saturated heterocycles. The molecule has 2 unspecified atom stereocenters. The molecule has 2 rings (SSSR count). The molecule has 1 aliphatic carbocycles. The van der Waals surface area contributed by atoms with E-state index < -0.39 is 0 Å². The fourth-order valence-electron chi connectivity index (χ4n) is 3.40. The van der Waals surface area contributed by atoms with Crippen molar-refractivity contribution in [3.05, 3.63) is 0 Å². The van der Waals surface area contributed by atoms with E-state index in [-0.39, 0.29) is 0 Å². The Kier molecular flexibility index (Phi) is 5.64. The lowest BCUT2D eigenvalue weighted by molar-refractivity contribution is 0.123. The van der Waals surface area contributed by atoms with Crippen molar-refractivity contribution < 1.29 is 0 Å². The van der Waals surface area contributed by atoms with Gasteiger partial charge in [-0.3, -0.25) is 4.90 Å². The van der Waals surface area contributed by atoms with Gasteiger partial charge in [-0.2, -0.15) is 11.8 Å². The Morgan fingerprint density at radius 1 is 1.29 bits per heavy atom. The van der Waals surface area contributed by atoms with Gasteiger partial charge in [0.05, 0.1) is 0 Å². The number of hydrogen-bond acceptors (Lipinski definition) is 3. The van der Waals surface area contributed by atoms with Crippen LogP contribution in [0.3, 0.4) is 0 Å². The van der Waals surface area contributed by atoms with Crippen molar-refractivity contribution in [1.82, 2.24) is 10.2 Å². The first kappa shape index (κ1) is 13.7. The number of thioether (sulfide) groups is 1. The van der Waals surface area contributed by atoms with E-state index in [1.165, 1.54) is 57.5 Å². The van der Waals surface area contributed by atoms with Gasteiger partial charge in [-0.25, -0.2) is 0 Å². The van der Waals surface area contributed by atoms with Crippen LogP contribution in [0.25, 0.3) is 0 Å². The Morgan fingerprint density at radius 3 is 2.76 bits per heavy atom. The molecule has 0 spiro atoms. The minimum atomic E-state index is 0.748. The van der Waals surface area contributed by atoms with E-state index in [1.807, 2.05) is 11.8 Å². The van der Waals surface area contributed by atoms with Gasteiger partial charge in [0.25, 0.3) is 0 Å². The third-order valence-electron chi connectivity index (χ3n) is 4.49. The van der Waals surface area contributed by atoms with E-state index in [0.717, 1.165) is 18.0 Å². The molecule has 2 nitrogen and oxygen atoms in total. The summed E-state index contributed by atoms with van der Waals surface area (Å²) in [5.74, 6) is 2.23. The molecule has 0 bridgehead atoms. The highest BCUT2D eigenvalue weighted by Gasteiger charge is 2.29. The zero-order valence-electron chi connectivity index (χ0n) is 11.5. The van der Waals surface area contributed by atoms with Crippen molar-refractivity contribution >= 4 is 11.8 Å². The molecular formula is C14H28N2S. The van der Waals surface area contributed by atoms with Crippen molar-refractivity contribution in [2.24, 2.45) is 5.92 Å². The molecule has 2 atom stereocenters. The van der Waals surface area contributed by atoms with E-state index in [4.69, 9.17) is 0 Å². The summed E-state index contributed by atoms with van der Waals surface area (Å²) in [5.41, 5.74) is 0. The summed E-state index contributed by atoms with van der Waals surface area (Å²) < 4.78 is 0. The van der Waals surface area contributed by atoms with Gasteiger partial charge in [0.2, 0.25) is 0 Å². The topological polar surface area (TPSA) is 15.3 Å². The van der Waals surface area contributed by atoms with Crippen molar-refractivity contribution in [2.75, 3.05) is 31.6 Å². The maximum Gasteiger partial charge on any atom is 0.0223 e. The smallest absolute Gasteiger partial charge is 0.0223 e. The van der Waals surface area contributed by atoms with Crippen molar-refractivity contribution in [3.63, 3.8) is 0 Å². The molecule has 0 radical (unpaired) electrons. The first-order valence-corrected chi connectivity index (χ1v) is 8.67. The second-order valence-corrected chi connectivity index (χ2v) is 6.67. The molecule has 3 heteroatoms. The van der Waals surface area contributed by atoms with Crippen LogP contribution in [0, 0.1) is 5.92 Å². The second kappa shape index (κ2) is 7.01. The quantitative estimate of drug-likeness (QED) is 0.832. The number of rotatable bonds is 4. The van der Waals surface area contributed by atoms with Crippen molar-refractivity contribution in [3.8, 4) is 0 Å². The summed E-state index contributed by atoms with van der Waals surface area (Å²) >= 11 is 1.98. The van der Waals surface area contributed by atoms with Crippen LogP contribution in [-0.2, 0) is 0 Å². The normalized spacial score (nSPS) is 30.4. The maximum absolute atomic E-state index is 3.77. The maximum atomic E-state index is 3.77. The fourth-order valence-corrected chi connectivity index (χ4v) is 4.09. The van der Waals surface area contributed by atoms with E-state index in [0.29, 0.717) is 0 Å². The molecule has 0 aromatic heterocycles. The molecule has 0 amide bonds. The van der Waals surface area contributed by atoms with Crippen LogP contribution in [0.2, 0.25) is 0 Å². The molecule has 2 aliphatic rings. The average molecular weight is 256 g/mol. The molecular weight excluding hydrogens is 228 g/mol. The van der Waals surface area contributed by atoms with Gasteiger partial charge in [-0.05, 0) is 31.9 Å². The predicted molar refractivity (Wildman–Crippen MR) is 77.8 cm³/mol. The SMILES string of the molecule is CSCC(C)N1CCNC(C2CCCCC2)C1. The van der Waals surface area contributed by atoms with E-state index >= 15 is 0 Å². The van der Waals surface area contributed by atoms with Crippen LogP contribution in [0.1, 0.15) is 39.0 Å². The zero-order valence-corrected chi connectivity index (χ0v) is 12.3. The molecule has 1 aliphatic heterocycles. The predicted octanol–water partition coefficient (Wildman–Crippen LogP) is 2.59. The lowest BCUT2D eigenvalue weighted by Gasteiger charge is -2.41. The summed E-state index contributed by atoms with van der Waals surface area (Å²) in [6.45, 7) is 6.11. The highest BCUT2D eigenvalue weighted by atomic mass is 32.2. The third kappa shape index (κ3) is 3.87. The van der Waals surface area contributed by atoms with Gasteiger partial charge in [-0.1, -0.05) is 19.3 Å². The van der Waals surface area contributed by atoms with Gasteiger partial charge in [0.1, 0.15) is 0 Å². The first-order chi connectivity index (χ1) is 8.31. The van der Waals surface area contributed by atoms with Crippen molar-refractivity contribution in [1.29, 1.82) is 0 Å². The molecule has 0 aromatic rings. The molecule has 0 aromatic carbocycles. The molecule has 1 N–H and O–H groups in total. The highest BCUT2D eigenvalue weighted by molar-refractivity contribution is 7.98. The van der Waals surface area contributed by atoms with Gasteiger partial charge < -0.3 is 5.32 Å². The zero-order chi connectivity index (χ0) is 12.1. The summed E-state index contributed by atoms with van der Waals surface area (Å²) in [5, 5.41) is 3.77. The molecule has 17 heavy (non-hydrogen) atoms. The Labute approximate surface area is 111 Å². The van der Waals surface area contributed by atoms with Crippen molar-refractivity contribution in [2.45, 2.75) is 51.1 Å². The minimum absolute atomic E-state index is 0.748.